The van der Waals surface area contributed by atoms with E-state index >= 15 is 0 Å². The third-order valence-electron chi connectivity index (χ3n) is 5.82. The van der Waals surface area contributed by atoms with Gasteiger partial charge in [-0.05, 0) is 64.3 Å². The molecule has 1 aliphatic heterocycles. The van der Waals surface area contributed by atoms with Crippen molar-refractivity contribution >= 4 is 0 Å². The zero-order valence-electron chi connectivity index (χ0n) is 19.6. The zero-order valence-corrected chi connectivity index (χ0v) is 19.6. The molecule has 0 radical (unpaired) electrons. The average molecular weight is 424 g/mol. The fourth-order valence-electron chi connectivity index (χ4n) is 4.93. The van der Waals surface area contributed by atoms with E-state index in [0.29, 0.717) is 12.6 Å². The number of hydrogen-bond donors (Lipinski definition) is 1. The summed E-state index contributed by atoms with van der Waals surface area (Å²) in [5.41, 5.74) is 2.53. The van der Waals surface area contributed by atoms with Crippen LogP contribution in [0, 0.1) is 0 Å². The summed E-state index contributed by atoms with van der Waals surface area (Å²) < 4.78 is 11.6. The molecule has 1 fully saturated rings. The highest BCUT2D eigenvalue weighted by atomic mass is 16.5. The molecule has 1 aliphatic rings. The van der Waals surface area contributed by atoms with Crippen LogP contribution in [0.4, 0.5) is 0 Å². The summed E-state index contributed by atoms with van der Waals surface area (Å²) in [4.78, 5) is 6.77. The number of aromatic nitrogens is 1. The first-order chi connectivity index (χ1) is 14.7. The SMILES string of the molecule is C=CCOc1c(CN(Cc2ccncc2)C2CC(C)(C)NC(C)(C)C2)cccc1OC. The molecule has 1 N–H and O–H groups in total. The number of nitrogens with one attached hydrogen (secondary N) is 1. The highest BCUT2D eigenvalue weighted by Gasteiger charge is 2.40. The molecule has 0 bridgehead atoms. The second-order valence-electron chi connectivity index (χ2n) is 9.76. The summed E-state index contributed by atoms with van der Waals surface area (Å²) in [6.45, 7) is 15.1. The van der Waals surface area contributed by atoms with Crippen LogP contribution >= 0.6 is 0 Å². The molecular weight excluding hydrogens is 386 g/mol. The Morgan fingerprint density at radius 2 is 1.77 bits per heavy atom. The molecule has 5 heteroatoms. The summed E-state index contributed by atoms with van der Waals surface area (Å²) in [5, 5.41) is 3.81. The highest BCUT2D eigenvalue weighted by molar-refractivity contribution is 5.46. The molecule has 5 nitrogen and oxygen atoms in total. The Kier molecular flexibility index (Phi) is 7.39. The molecule has 0 spiro atoms. The van der Waals surface area contributed by atoms with E-state index in [1.54, 1.807) is 13.2 Å². The third kappa shape index (κ3) is 6.31. The normalized spacial score (nSPS) is 18.0. The quantitative estimate of drug-likeness (QED) is 0.577. The molecule has 0 saturated carbocycles. The zero-order chi connectivity index (χ0) is 22.5. The Labute approximate surface area is 187 Å². The minimum atomic E-state index is 0.0689. The van der Waals surface area contributed by atoms with Crippen LogP contribution in [-0.2, 0) is 13.1 Å². The largest absolute Gasteiger partial charge is 0.493 e. The number of pyridine rings is 1. The van der Waals surface area contributed by atoms with Crippen LogP contribution in [0.2, 0.25) is 0 Å². The van der Waals surface area contributed by atoms with Crippen molar-refractivity contribution < 1.29 is 9.47 Å². The van der Waals surface area contributed by atoms with Gasteiger partial charge in [-0.2, -0.15) is 0 Å². The van der Waals surface area contributed by atoms with Gasteiger partial charge in [0.1, 0.15) is 6.61 Å². The van der Waals surface area contributed by atoms with Crippen molar-refractivity contribution in [2.75, 3.05) is 13.7 Å². The minimum Gasteiger partial charge on any atom is -0.493 e. The van der Waals surface area contributed by atoms with Crippen molar-refractivity contribution in [2.45, 2.75) is 70.7 Å². The summed E-state index contributed by atoms with van der Waals surface area (Å²) in [7, 11) is 1.69. The van der Waals surface area contributed by atoms with Gasteiger partial charge in [0.2, 0.25) is 0 Å². The number of para-hydroxylation sites is 1. The van der Waals surface area contributed by atoms with E-state index in [1.165, 1.54) is 5.56 Å². The first kappa shape index (κ1) is 23.3. The van der Waals surface area contributed by atoms with Gasteiger partial charge < -0.3 is 14.8 Å². The van der Waals surface area contributed by atoms with Gasteiger partial charge in [-0.1, -0.05) is 24.8 Å². The highest BCUT2D eigenvalue weighted by Crippen LogP contribution is 2.36. The van der Waals surface area contributed by atoms with Crippen molar-refractivity contribution in [3.8, 4) is 11.5 Å². The molecule has 0 atom stereocenters. The van der Waals surface area contributed by atoms with Crippen LogP contribution in [0.3, 0.4) is 0 Å². The lowest BCUT2D eigenvalue weighted by atomic mass is 9.78. The Morgan fingerprint density at radius 3 is 2.39 bits per heavy atom. The number of nitrogens with zero attached hydrogens (tertiary/aromatic N) is 2. The molecule has 0 unspecified atom stereocenters. The molecule has 0 amide bonds. The average Bonchev–Trinajstić information content (AvgIpc) is 2.70. The molecule has 1 saturated heterocycles. The number of methoxy groups -OCH3 is 1. The third-order valence-corrected chi connectivity index (χ3v) is 5.82. The van der Waals surface area contributed by atoms with E-state index in [2.05, 4.69) is 67.7 Å². The number of benzene rings is 1. The molecule has 1 aromatic carbocycles. The van der Waals surface area contributed by atoms with Crippen molar-refractivity contribution in [2.24, 2.45) is 0 Å². The van der Waals surface area contributed by atoms with Gasteiger partial charge in [-0.15, -0.1) is 0 Å². The van der Waals surface area contributed by atoms with Gasteiger partial charge in [-0.25, -0.2) is 0 Å². The molecular formula is C26H37N3O2. The Morgan fingerprint density at radius 1 is 1.10 bits per heavy atom. The van der Waals surface area contributed by atoms with E-state index in [4.69, 9.17) is 9.47 Å². The van der Waals surface area contributed by atoms with Crippen molar-refractivity contribution in [1.29, 1.82) is 0 Å². The van der Waals surface area contributed by atoms with Crippen LogP contribution < -0.4 is 14.8 Å². The van der Waals surface area contributed by atoms with Crippen molar-refractivity contribution in [3.63, 3.8) is 0 Å². The topological polar surface area (TPSA) is 46.6 Å². The van der Waals surface area contributed by atoms with Crippen LogP contribution in [-0.4, -0.2) is 40.7 Å². The van der Waals surface area contributed by atoms with Gasteiger partial charge in [0.25, 0.3) is 0 Å². The lowest BCUT2D eigenvalue weighted by Crippen LogP contribution is -2.62. The van der Waals surface area contributed by atoms with Gasteiger partial charge in [0.15, 0.2) is 11.5 Å². The fourth-order valence-corrected chi connectivity index (χ4v) is 4.93. The summed E-state index contributed by atoms with van der Waals surface area (Å²) in [6, 6.07) is 10.8. The Bertz CT molecular complexity index is 848. The second-order valence-corrected chi connectivity index (χ2v) is 9.76. The maximum absolute atomic E-state index is 6.04. The summed E-state index contributed by atoms with van der Waals surface area (Å²) >= 11 is 0. The number of rotatable bonds is 9. The van der Waals surface area contributed by atoms with Gasteiger partial charge in [0.05, 0.1) is 7.11 Å². The molecule has 0 aliphatic carbocycles. The van der Waals surface area contributed by atoms with Gasteiger partial charge >= 0.3 is 0 Å². The second kappa shape index (κ2) is 9.84. The van der Waals surface area contributed by atoms with E-state index in [0.717, 1.165) is 43.0 Å². The van der Waals surface area contributed by atoms with E-state index < -0.39 is 0 Å². The number of piperidine rings is 1. The van der Waals surface area contributed by atoms with E-state index in [9.17, 15) is 0 Å². The predicted molar refractivity (Wildman–Crippen MR) is 126 cm³/mol. The molecule has 2 aromatic rings. The first-order valence-electron chi connectivity index (χ1n) is 11.0. The monoisotopic (exact) mass is 423 g/mol. The maximum atomic E-state index is 6.04. The molecule has 31 heavy (non-hydrogen) atoms. The smallest absolute Gasteiger partial charge is 0.166 e. The number of hydrogen-bond acceptors (Lipinski definition) is 5. The molecule has 1 aromatic heterocycles. The van der Waals surface area contributed by atoms with Crippen molar-refractivity contribution in [3.05, 3.63) is 66.5 Å². The predicted octanol–water partition coefficient (Wildman–Crippen LogP) is 4.97. The minimum absolute atomic E-state index is 0.0689. The first-order valence-corrected chi connectivity index (χ1v) is 11.0. The van der Waals surface area contributed by atoms with Crippen LogP contribution in [0.15, 0.2) is 55.4 Å². The standard InChI is InChI=1S/C26H37N3O2/c1-7-15-31-24-21(9-8-10-23(24)30-6)19-29(18-20-11-13-27-14-12-20)22-16-25(2,3)28-26(4,5)17-22/h7-14,22,28H,1,15-19H2,2-6H3. The van der Waals surface area contributed by atoms with Crippen LogP contribution in [0.5, 0.6) is 11.5 Å². The van der Waals surface area contributed by atoms with Crippen LogP contribution in [0.1, 0.15) is 51.7 Å². The molecule has 2 heterocycles. The number of ether oxygens (including phenoxy) is 2. The van der Waals surface area contributed by atoms with E-state index in [-0.39, 0.29) is 11.1 Å². The van der Waals surface area contributed by atoms with Crippen LogP contribution in [0.25, 0.3) is 0 Å². The van der Waals surface area contributed by atoms with Gasteiger partial charge in [0, 0.05) is 48.2 Å². The van der Waals surface area contributed by atoms with Crippen molar-refractivity contribution in [1.82, 2.24) is 15.2 Å². The Hall–Kier alpha value is -2.37. The summed E-state index contributed by atoms with van der Waals surface area (Å²) in [5.74, 6) is 1.56. The molecule has 3 rings (SSSR count). The lowest BCUT2D eigenvalue weighted by molar-refractivity contribution is 0.0558. The molecule has 168 valence electrons. The lowest BCUT2D eigenvalue weighted by Gasteiger charge is -2.50. The van der Waals surface area contributed by atoms with E-state index in [1.807, 2.05) is 24.5 Å². The Balaban J connectivity index is 1.95. The summed E-state index contributed by atoms with van der Waals surface area (Å²) in [6.07, 6.45) is 7.66. The maximum Gasteiger partial charge on any atom is 0.166 e. The fraction of sp³-hybridized carbons (Fsp3) is 0.500. The van der Waals surface area contributed by atoms with Gasteiger partial charge in [-0.3, -0.25) is 9.88 Å².